The van der Waals surface area contributed by atoms with Crippen LogP contribution in [0.15, 0.2) is 42.5 Å². The standard InChI is InChI=1S/C26H23ClF5N3O2/c1-14(2)37-17-6-3-15(4-7-17)26(36)33-16-5-8-19(18(27)13-16)34-9-11-35(12-10-34)25-23(31)21(29)20(28)22(30)24(25)32/h3-8,13-14H,9-12H2,1-2H3,(H,33,36). The summed E-state index contributed by atoms with van der Waals surface area (Å²) in [5.74, 6) is -9.53. The molecule has 5 nitrogen and oxygen atoms in total. The summed E-state index contributed by atoms with van der Waals surface area (Å²) in [7, 11) is 0. The molecule has 0 spiro atoms. The second kappa shape index (κ2) is 10.8. The van der Waals surface area contributed by atoms with Crippen LogP contribution in [0.3, 0.4) is 0 Å². The quantitative estimate of drug-likeness (QED) is 0.224. The van der Waals surface area contributed by atoms with Gasteiger partial charge >= 0.3 is 0 Å². The highest BCUT2D eigenvalue weighted by molar-refractivity contribution is 6.33. The number of amides is 1. The molecule has 1 N–H and O–H groups in total. The SMILES string of the molecule is CC(C)Oc1ccc(C(=O)Nc2ccc(N3CCN(c4c(F)c(F)c(F)c(F)c4F)CC3)c(Cl)c2)cc1. The van der Waals surface area contributed by atoms with E-state index in [4.69, 9.17) is 16.3 Å². The fourth-order valence-corrected chi connectivity index (χ4v) is 4.34. The number of halogens is 6. The molecule has 11 heteroatoms. The number of rotatable bonds is 6. The zero-order valence-corrected chi connectivity index (χ0v) is 20.7. The second-order valence-electron chi connectivity index (χ2n) is 8.70. The van der Waals surface area contributed by atoms with E-state index in [1.54, 1.807) is 42.5 Å². The zero-order valence-electron chi connectivity index (χ0n) is 19.9. The van der Waals surface area contributed by atoms with Gasteiger partial charge < -0.3 is 19.9 Å². The molecule has 3 aromatic rings. The first-order valence-corrected chi connectivity index (χ1v) is 11.8. The molecule has 1 amide bonds. The molecule has 4 rings (SSSR count). The summed E-state index contributed by atoms with van der Waals surface area (Å²) >= 11 is 6.44. The van der Waals surface area contributed by atoms with Crippen molar-refractivity contribution in [2.75, 3.05) is 41.3 Å². The summed E-state index contributed by atoms with van der Waals surface area (Å²) < 4.78 is 74.5. The Kier molecular flexibility index (Phi) is 7.77. The average molecular weight is 540 g/mol. The minimum atomic E-state index is -2.19. The first kappa shape index (κ1) is 26.5. The molecular weight excluding hydrogens is 517 g/mol. The van der Waals surface area contributed by atoms with Crippen molar-refractivity contribution in [3.05, 3.63) is 82.1 Å². The van der Waals surface area contributed by atoms with E-state index >= 15 is 0 Å². The number of carbonyl (C=O) groups excluding carboxylic acids is 1. The number of hydrogen-bond donors (Lipinski definition) is 1. The van der Waals surface area contributed by atoms with Gasteiger partial charge in [0.05, 0.1) is 16.8 Å². The van der Waals surface area contributed by atoms with Gasteiger partial charge in [0.1, 0.15) is 11.4 Å². The summed E-state index contributed by atoms with van der Waals surface area (Å²) in [6.45, 7) is 4.25. The highest BCUT2D eigenvalue weighted by Gasteiger charge is 2.31. The lowest BCUT2D eigenvalue weighted by atomic mass is 10.1. The number of piperazine rings is 1. The number of hydrogen-bond acceptors (Lipinski definition) is 4. The number of nitrogens with zero attached hydrogens (tertiary/aromatic N) is 2. The molecule has 37 heavy (non-hydrogen) atoms. The lowest BCUT2D eigenvalue weighted by Gasteiger charge is -2.38. The van der Waals surface area contributed by atoms with E-state index in [1.165, 1.54) is 0 Å². The lowest BCUT2D eigenvalue weighted by Crippen LogP contribution is -2.47. The Morgan fingerprint density at radius 3 is 1.92 bits per heavy atom. The monoisotopic (exact) mass is 539 g/mol. The largest absolute Gasteiger partial charge is 0.491 e. The molecule has 0 radical (unpaired) electrons. The third kappa shape index (κ3) is 5.58. The molecule has 1 saturated heterocycles. The molecule has 1 aliphatic heterocycles. The topological polar surface area (TPSA) is 44.8 Å². The van der Waals surface area contributed by atoms with Crippen LogP contribution >= 0.6 is 11.6 Å². The van der Waals surface area contributed by atoms with Crippen LogP contribution in [0.4, 0.5) is 39.0 Å². The van der Waals surface area contributed by atoms with Gasteiger partial charge in [0, 0.05) is 37.4 Å². The van der Waals surface area contributed by atoms with Gasteiger partial charge in [-0.2, -0.15) is 0 Å². The maximum atomic E-state index is 14.2. The van der Waals surface area contributed by atoms with Crippen LogP contribution in [0.1, 0.15) is 24.2 Å². The van der Waals surface area contributed by atoms with E-state index in [1.807, 2.05) is 18.7 Å². The van der Waals surface area contributed by atoms with Gasteiger partial charge in [-0.3, -0.25) is 4.79 Å². The van der Waals surface area contributed by atoms with Crippen molar-refractivity contribution < 1.29 is 31.5 Å². The Labute approximate surface area is 215 Å². The molecule has 196 valence electrons. The summed E-state index contributed by atoms with van der Waals surface area (Å²) in [6, 6.07) is 11.6. The van der Waals surface area contributed by atoms with Crippen LogP contribution in [-0.4, -0.2) is 38.2 Å². The van der Waals surface area contributed by atoms with Crippen LogP contribution in [0, 0.1) is 29.1 Å². The smallest absolute Gasteiger partial charge is 0.255 e. The van der Waals surface area contributed by atoms with Gasteiger partial charge in [-0.25, -0.2) is 22.0 Å². The van der Waals surface area contributed by atoms with Gasteiger partial charge in [0.2, 0.25) is 5.82 Å². The summed E-state index contributed by atoms with van der Waals surface area (Å²) in [6.07, 6.45) is 0.0135. The van der Waals surface area contributed by atoms with Crippen molar-refractivity contribution in [2.45, 2.75) is 20.0 Å². The molecule has 3 aromatic carbocycles. The third-order valence-corrected chi connectivity index (χ3v) is 6.12. The molecule has 0 unspecified atom stereocenters. The molecule has 0 aliphatic carbocycles. The van der Waals surface area contributed by atoms with Crippen LogP contribution in [0.25, 0.3) is 0 Å². The highest BCUT2D eigenvalue weighted by atomic mass is 35.5. The van der Waals surface area contributed by atoms with Crippen LogP contribution in [0.2, 0.25) is 5.02 Å². The van der Waals surface area contributed by atoms with Gasteiger partial charge in [-0.15, -0.1) is 0 Å². The van der Waals surface area contributed by atoms with Crippen LogP contribution in [0.5, 0.6) is 5.75 Å². The predicted molar refractivity (Wildman–Crippen MR) is 132 cm³/mol. The molecule has 0 bridgehead atoms. The van der Waals surface area contributed by atoms with Crippen molar-refractivity contribution >= 4 is 34.6 Å². The molecule has 1 aliphatic rings. The Morgan fingerprint density at radius 1 is 0.838 bits per heavy atom. The summed E-state index contributed by atoms with van der Waals surface area (Å²) in [5.41, 5.74) is 0.553. The molecule has 0 saturated carbocycles. The van der Waals surface area contributed by atoms with E-state index in [-0.39, 0.29) is 38.2 Å². The van der Waals surface area contributed by atoms with E-state index < -0.39 is 34.8 Å². The highest BCUT2D eigenvalue weighted by Crippen LogP contribution is 2.33. The first-order chi connectivity index (χ1) is 17.6. The van der Waals surface area contributed by atoms with E-state index in [9.17, 15) is 26.7 Å². The van der Waals surface area contributed by atoms with Crippen molar-refractivity contribution in [2.24, 2.45) is 0 Å². The summed E-state index contributed by atoms with van der Waals surface area (Å²) in [5, 5.41) is 3.09. The minimum Gasteiger partial charge on any atom is -0.491 e. The molecule has 1 fully saturated rings. The number of nitrogens with one attached hydrogen (secondary N) is 1. The Morgan fingerprint density at radius 2 is 1.38 bits per heavy atom. The number of anilines is 3. The van der Waals surface area contributed by atoms with E-state index in [0.29, 0.717) is 27.7 Å². The maximum absolute atomic E-state index is 14.2. The summed E-state index contributed by atoms with van der Waals surface area (Å²) in [4.78, 5) is 15.5. The molecule has 1 heterocycles. The van der Waals surface area contributed by atoms with E-state index in [2.05, 4.69) is 5.32 Å². The average Bonchev–Trinajstić information content (AvgIpc) is 2.87. The van der Waals surface area contributed by atoms with E-state index in [0.717, 1.165) is 4.90 Å². The van der Waals surface area contributed by atoms with Gasteiger partial charge in [0.15, 0.2) is 23.3 Å². The second-order valence-corrected chi connectivity index (χ2v) is 9.11. The number of benzene rings is 3. The Bertz CT molecular complexity index is 1280. The molecule has 0 atom stereocenters. The first-order valence-electron chi connectivity index (χ1n) is 11.5. The number of ether oxygens (including phenoxy) is 1. The van der Waals surface area contributed by atoms with Crippen molar-refractivity contribution in [1.82, 2.24) is 0 Å². The normalized spacial score (nSPS) is 13.8. The zero-order chi connectivity index (χ0) is 26.9. The maximum Gasteiger partial charge on any atom is 0.255 e. The fraction of sp³-hybridized carbons (Fsp3) is 0.269. The third-order valence-electron chi connectivity index (χ3n) is 5.82. The Hall–Kier alpha value is -3.53. The van der Waals surface area contributed by atoms with Gasteiger partial charge in [-0.05, 0) is 56.3 Å². The van der Waals surface area contributed by atoms with Crippen molar-refractivity contribution in [3.8, 4) is 5.75 Å². The molecule has 0 aromatic heterocycles. The van der Waals surface area contributed by atoms with Crippen LogP contribution < -0.4 is 19.9 Å². The lowest BCUT2D eigenvalue weighted by molar-refractivity contribution is 0.102. The fourth-order valence-electron chi connectivity index (χ4n) is 4.04. The van der Waals surface area contributed by atoms with Gasteiger partial charge in [-0.1, -0.05) is 11.6 Å². The van der Waals surface area contributed by atoms with Gasteiger partial charge in [0.25, 0.3) is 5.91 Å². The predicted octanol–water partition coefficient (Wildman–Crippen LogP) is 6.40. The Balaban J connectivity index is 1.41. The van der Waals surface area contributed by atoms with Crippen molar-refractivity contribution in [3.63, 3.8) is 0 Å². The number of carbonyl (C=O) groups is 1. The van der Waals surface area contributed by atoms with Crippen molar-refractivity contribution in [1.29, 1.82) is 0 Å². The molecular formula is C26H23ClF5N3O2. The minimum absolute atomic E-state index is 0.00366. The van der Waals surface area contributed by atoms with Crippen LogP contribution in [-0.2, 0) is 0 Å².